The molecule has 0 bridgehead atoms. The molecule has 0 fully saturated rings. The summed E-state index contributed by atoms with van der Waals surface area (Å²) in [6.07, 6.45) is -1.90. The molecule has 0 saturated carbocycles. The molecule has 1 aromatic heterocycles. The van der Waals surface area contributed by atoms with E-state index in [1.165, 1.54) is 0 Å². The van der Waals surface area contributed by atoms with Crippen molar-refractivity contribution in [3.63, 3.8) is 0 Å². The minimum Gasteiger partial charge on any atom is -0.201 e. The first kappa shape index (κ1) is 11.9. The van der Waals surface area contributed by atoms with Gasteiger partial charge in [0, 0.05) is 26.8 Å². The van der Waals surface area contributed by atoms with Crippen LogP contribution in [-0.4, -0.2) is 0 Å². The van der Waals surface area contributed by atoms with Crippen molar-refractivity contribution >= 4 is 0 Å². The van der Waals surface area contributed by atoms with Crippen LogP contribution in [0, 0.1) is 24.6 Å². The molecule has 0 N–H and O–H groups in total. The van der Waals surface area contributed by atoms with Crippen molar-refractivity contribution in [2.75, 3.05) is 0 Å². The van der Waals surface area contributed by atoms with Crippen LogP contribution in [0.15, 0.2) is 30.5 Å². The van der Waals surface area contributed by atoms with E-state index in [9.17, 15) is 0 Å². The van der Waals surface area contributed by atoms with E-state index in [1.807, 2.05) is 55.5 Å². The average Bonchev–Trinajstić information content (AvgIpc) is 2.58. The highest BCUT2D eigenvalue weighted by Gasteiger charge is 2.23. The van der Waals surface area contributed by atoms with E-state index in [0.29, 0.717) is 16.8 Å². The average molecular weight is 346 g/mol. The number of rotatable bonds is 3. The quantitative estimate of drug-likeness (QED) is 0.603. The lowest BCUT2D eigenvalue weighted by molar-refractivity contribution is -0.660. The third-order valence-corrected chi connectivity index (χ3v) is 3.80. The third-order valence-electron chi connectivity index (χ3n) is 3.80. The SMILES string of the molecule is [2H]C([2H])([2H])c1ccc(-c2cc(C([2H])([2H])C(C)(C)C)c(C([2H])([2H])C(C)(C)C)c[n+]2C)c(C)c1. The molecule has 1 nitrogen and oxygen atoms in total. The molecule has 1 heterocycles. The Morgan fingerprint density at radius 1 is 0.960 bits per heavy atom. The molecule has 2 rings (SSSR count). The number of benzene rings is 1. The maximum absolute atomic E-state index is 8.96. The van der Waals surface area contributed by atoms with E-state index in [4.69, 9.17) is 9.60 Å². The summed E-state index contributed by atoms with van der Waals surface area (Å²) in [7, 11) is 1.81. The second-order valence-corrected chi connectivity index (χ2v) is 8.88. The van der Waals surface area contributed by atoms with Gasteiger partial charge in [-0.2, -0.15) is 0 Å². The molecule has 25 heavy (non-hydrogen) atoms. The van der Waals surface area contributed by atoms with E-state index in [2.05, 4.69) is 0 Å². The fraction of sp³-hybridized carbons (Fsp3) is 0.542. The minimum absolute atomic E-state index is 0.257. The van der Waals surface area contributed by atoms with Gasteiger partial charge in [0.1, 0.15) is 7.05 Å². The molecule has 0 saturated heterocycles. The summed E-state index contributed by atoms with van der Waals surface area (Å²) in [6, 6.07) is 6.71. The van der Waals surface area contributed by atoms with E-state index < -0.39 is 30.4 Å². The maximum Gasteiger partial charge on any atom is 0.212 e. The molecule has 0 aliphatic carbocycles. The summed E-state index contributed by atoms with van der Waals surface area (Å²) in [4.78, 5) is 0. The first-order chi connectivity index (χ1) is 14.1. The van der Waals surface area contributed by atoms with Crippen LogP contribution in [0.5, 0.6) is 0 Å². The smallest absolute Gasteiger partial charge is 0.201 e. The number of hydrogen-bond donors (Lipinski definition) is 0. The minimum atomic E-state index is -2.20. The van der Waals surface area contributed by atoms with Crippen LogP contribution >= 0.6 is 0 Å². The Bertz CT molecular complexity index is 1010. The molecule has 1 heteroatoms. The highest BCUT2D eigenvalue weighted by molar-refractivity contribution is 5.62. The Balaban J connectivity index is 2.90. The highest BCUT2D eigenvalue weighted by atomic mass is 14.9. The van der Waals surface area contributed by atoms with Gasteiger partial charge in [0.05, 0.1) is 0 Å². The Labute approximate surface area is 164 Å². The van der Waals surface area contributed by atoms with Crippen molar-refractivity contribution in [1.29, 1.82) is 0 Å². The predicted octanol–water partition coefficient (Wildman–Crippen LogP) is 5.97. The number of aryl methyl sites for hydroxylation is 3. The van der Waals surface area contributed by atoms with E-state index >= 15 is 0 Å². The number of nitrogens with zero attached hydrogens (tertiary/aromatic N) is 1. The Morgan fingerprint density at radius 2 is 1.56 bits per heavy atom. The molecule has 0 amide bonds. The van der Waals surface area contributed by atoms with Gasteiger partial charge in [-0.15, -0.1) is 0 Å². The highest BCUT2D eigenvalue weighted by Crippen LogP contribution is 2.30. The lowest BCUT2D eigenvalue weighted by atomic mass is 9.81. The zero-order chi connectivity index (χ0) is 25.1. The lowest BCUT2D eigenvalue weighted by Gasteiger charge is -2.24. The maximum atomic E-state index is 8.96. The summed E-state index contributed by atoms with van der Waals surface area (Å²) in [6.45, 7) is 10.5. The summed E-state index contributed by atoms with van der Waals surface area (Å²) in [5.74, 6) is 0. The predicted molar refractivity (Wildman–Crippen MR) is 109 cm³/mol. The largest absolute Gasteiger partial charge is 0.212 e. The molecule has 0 aliphatic heterocycles. The Morgan fingerprint density at radius 3 is 2.08 bits per heavy atom. The van der Waals surface area contributed by atoms with Crippen LogP contribution in [0.3, 0.4) is 0 Å². The van der Waals surface area contributed by atoms with Gasteiger partial charge >= 0.3 is 0 Å². The van der Waals surface area contributed by atoms with Crippen molar-refractivity contribution in [2.24, 2.45) is 17.9 Å². The van der Waals surface area contributed by atoms with Crippen LogP contribution in [0.4, 0.5) is 0 Å². The van der Waals surface area contributed by atoms with Crippen LogP contribution in [0.2, 0.25) is 0 Å². The van der Waals surface area contributed by atoms with Gasteiger partial charge in [-0.3, -0.25) is 0 Å². The third kappa shape index (κ3) is 5.42. The van der Waals surface area contributed by atoms with Gasteiger partial charge in [-0.1, -0.05) is 59.2 Å². The standard InChI is InChI=1S/C24H36N/c1-17-10-11-21(18(2)12-17)22-13-19(14-23(3,4)5)20(16-25(22)9)15-24(6,7)8/h10-13,16H,14-15H2,1-9H3/q+1/i1D3,14D2,15D2. The molecule has 0 atom stereocenters. The fourth-order valence-corrected chi connectivity index (χ4v) is 2.88. The molecule has 0 radical (unpaired) electrons. The van der Waals surface area contributed by atoms with Crippen molar-refractivity contribution in [2.45, 2.75) is 68.1 Å². The number of hydrogen-bond acceptors (Lipinski definition) is 0. The molecule has 0 spiro atoms. The van der Waals surface area contributed by atoms with Crippen LogP contribution in [0.1, 0.15) is 73.4 Å². The van der Waals surface area contributed by atoms with E-state index in [0.717, 1.165) is 11.1 Å². The summed E-state index contributed by atoms with van der Waals surface area (Å²) in [5.41, 5.74) is 1.64. The second-order valence-electron chi connectivity index (χ2n) is 8.88. The number of aromatic nitrogens is 1. The Kier molecular flexibility index (Phi) is 3.30. The topological polar surface area (TPSA) is 3.88 Å². The van der Waals surface area contributed by atoms with Crippen molar-refractivity contribution < 1.29 is 14.2 Å². The van der Waals surface area contributed by atoms with Gasteiger partial charge in [0.25, 0.3) is 0 Å². The monoisotopic (exact) mass is 345 g/mol. The molecule has 1 aromatic carbocycles. The van der Waals surface area contributed by atoms with Crippen molar-refractivity contribution in [3.05, 3.63) is 52.7 Å². The van der Waals surface area contributed by atoms with Gasteiger partial charge in [0.2, 0.25) is 5.69 Å². The zero-order valence-electron chi connectivity index (χ0n) is 23.8. The van der Waals surface area contributed by atoms with Crippen LogP contribution in [-0.2, 0) is 19.8 Å². The van der Waals surface area contributed by atoms with Crippen LogP contribution in [0.25, 0.3) is 11.3 Å². The zero-order valence-corrected chi connectivity index (χ0v) is 16.8. The summed E-state index contributed by atoms with van der Waals surface area (Å²) in [5, 5.41) is 0. The van der Waals surface area contributed by atoms with Crippen molar-refractivity contribution in [3.8, 4) is 11.3 Å². The second kappa shape index (κ2) is 6.94. The molecule has 0 aliphatic rings. The van der Waals surface area contributed by atoms with Gasteiger partial charge < -0.3 is 0 Å². The normalized spacial score (nSPS) is 18.3. The summed E-state index contributed by atoms with van der Waals surface area (Å²) >= 11 is 0. The fourth-order valence-electron chi connectivity index (χ4n) is 2.88. The first-order valence-corrected chi connectivity index (χ1v) is 8.78. The van der Waals surface area contributed by atoms with Gasteiger partial charge in [0.15, 0.2) is 6.20 Å². The Hall–Kier alpha value is -1.63. The first-order valence-electron chi connectivity index (χ1n) is 12.3. The van der Waals surface area contributed by atoms with E-state index in [-0.39, 0.29) is 5.56 Å². The molecule has 2 aromatic rings. The van der Waals surface area contributed by atoms with Crippen molar-refractivity contribution in [1.82, 2.24) is 0 Å². The summed E-state index contributed by atoms with van der Waals surface area (Å²) < 4.78 is 60.5. The van der Waals surface area contributed by atoms with Gasteiger partial charge in [-0.05, 0) is 54.5 Å². The van der Waals surface area contributed by atoms with Gasteiger partial charge in [-0.25, -0.2) is 4.57 Å². The number of pyridine rings is 1. The molecular formula is C24H36N+. The lowest BCUT2D eigenvalue weighted by Crippen LogP contribution is -2.33. The molecule has 136 valence electrons. The molecular weight excluding hydrogens is 302 g/mol. The van der Waals surface area contributed by atoms with E-state index in [1.54, 1.807) is 35.0 Å². The molecule has 0 unspecified atom stereocenters. The van der Waals surface area contributed by atoms with Crippen LogP contribution < -0.4 is 4.57 Å².